The van der Waals surface area contributed by atoms with Gasteiger partial charge in [-0.3, -0.25) is 0 Å². The molecule has 1 aliphatic carbocycles. The molecule has 1 amide bonds. The van der Waals surface area contributed by atoms with Gasteiger partial charge in [0.05, 0.1) is 12.5 Å². The Morgan fingerprint density at radius 1 is 1.29 bits per heavy atom. The van der Waals surface area contributed by atoms with Crippen LogP contribution in [-0.4, -0.2) is 24.1 Å². The lowest BCUT2D eigenvalue weighted by Crippen LogP contribution is -2.36. The Kier molecular flexibility index (Phi) is 6.08. The highest BCUT2D eigenvalue weighted by Crippen LogP contribution is 2.25. The maximum atomic E-state index is 12.2. The van der Waals surface area contributed by atoms with Crippen molar-refractivity contribution in [3.05, 3.63) is 35.9 Å². The first-order valence-corrected chi connectivity index (χ1v) is 7.62. The fraction of sp³-hybridized carbons (Fsp3) is 0.529. The zero-order valence-corrected chi connectivity index (χ0v) is 12.3. The van der Waals surface area contributed by atoms with Crippen LogP contribution in [0.5, 0.6) is 0 Å². The number of nitrogens with zero attached hydrogens (tertiary/aromatic N) is 2. The molecule has 1 aromatic carbocycles. The van der Waals surface area contributed by atoms with Crippen LogP contribution in [0.15, 0.2) is 30.3 Å². The summed E-state index contributed by atoms with van der Waals surface area (Å²) >= 11 is 0. The van der Waals surface area contributed by atoms with E-state index in [9.17, 15) is 4.79 Å². The van der Waals surface area contributed by atoms with E-state index in [2.05, 4.69) is 6.07 Å². The highest BCUT2D eigenvalue weighted by molar-refractivity contribution is 5.67. The van der Waals surface area contributed by atoms with E-state index in [-0.39, 0.29) is 12.7 Å². The van der Waals surface area contributed by atoms with E-state index in [1.54, 1.807) is 4.90 Å². The summed E-state index contributed by atoms with van der Waals surface area (Å²) in [6.07, 6.45) is 4.89. The van der Waals surface area contributed by atoms with Crippen molar-refractivity contribution in [1.29, 1.82) is 5.26 Å². The maximum absolute atomic E-state index is 12.2. The summed E-state index contributed by atoms with van der Waals surface area (Å²) in [4.78, 5) is 13.9. The van der Waals surface area contributed by atoms with Gasteiger partial charge in [-0.25, -0.2) is 4.79 Å². The van der Waals surface area contributed by atoms with Gasteiger partial charge < -0.3 is 9.64 Å². The largest absolute Gasteiger partial charge is 0.445 e. The van der Waals surface area contributed by atoms with Crippen LogP contribution in [0.25, 0.3) is 0 Å². The SMILES string of the molecule is N#CCCN(CC1CCCC1)C(=O)OCc1ccccc1. The van der Waals surface area contributed by atoms with Gasteiger partial charge >= 0.3 is 6.09 Å². The Bertz CT molecular complexity index is 475. The lowest BCUT2D eigenvalue weighted by molar-refractivity contribution is 0.0912. The molecule has 1 fully saturated rings. The smallest absolute Gasteiger partial charge is 0.410 e. The number of hydrogen-bond donors (Lipinski definition) is 0. The van der Waals surface area contributed by atoms with Crippen LogP contribution in [0.1, 0.15) is 37.7 Å². The number of benzene rings is 1. The van der Waals surface area contributed by atoms with Crippen LogP contribution in [0.2, 0.25) is 0 Å². The van der Waals surface area contributed by atoms with Gasteiger partial charge in [-0.05, 0) is 24.3 Å². The standard InChI is InChI=1S/C17H22N2O2/c18-11-6-12-19(13-15-7-4-5-8-15)17(20)21-14-16-9-2-1-3-10-16/h1-3,9-10,15H,4-8,12-14H2. The number of ether oxygens (including phenoxy) is 1. The average Bonchev–Trinajstić information content (AvgIpc) is 3.03. The summed E-state index contributed by atoms with van der Waals surface area (Å²) in [5.41, 5.74) is 0.979. The Balaban J connectivity index is 1.85. The molecule has 112 valence electrons. The van der Waals surface area contributed by atoms with Crippen LogP contribution < -0.4 is 0 Å². The molecule has 0 heterocycles. The molecule has 0 aromatic heterocycles. The van der Waals surface area contributed by atoms with Crippen molar-refractivity contribution < 1.29 is 9.53 Å². The Morgan fingerprint density at radius 2 is 2.00 bits per heavy atom. The fourth-order valence-electron chi connectivity index (χ4n) is 2.76. The fourth-order valence-corrected chi connectivity index (χ4v) is 2.76. The molecular formula is C17H22N2O2. The first-order valence-electron chi connectivity index (χ1n) is 7.62. The molecule has 21 heavy (non-hydrogen) atoms. The molecule has 1 aromatic rings. The molecule has 4 nitrogen and oxygen atoms in total. The van der Waals surface area contributed by atoms with E-state index in [0.717, 1.165) is 12.1 Å². The minimum absolute atomic E-state index is 0.285. The number of carbonyl (C=O) groups excluding carboxylic acids is 1. The highest BCUT2D eigenvalue weighted by Gasteiger charge is 2.22. The lowest BCUT2D eigenvalue weighted by atomic mass is 10.1. The summed E-state index contributed by atoms with van der Waals surface area (Å²) in [6, 6.07) is 11.8. The van der Waals surface area contributed by atoms with Gasteiger partial charge in [-0.15, -0.1) is 0 Å². The molecule has 0 saturated heterocycles. The summed E-state index contributed by atoms with van der Waals surface area (Å²) in [6.45, 7) is 1.46. The Morgan fingerprint density at radius 3 is 2.67 bits per heavy atom. The van der Waals surface area contributed by atoms with Gasteiger partial charge in [0.25, 0.3) is 0 Å². The second-order valence-corrected chi connectivity index (χ2v) is 5.54. The number of carbonyl (C=O) groups is 1. The monoisotopic (exact) mass is 286 g/mol. The molecule has 0 aliphatic heterocycles. The summed E-state index contributed by atoms with van der Waals surface area (Å²) in [7, 11) is 0. The highest BCUT2D eigenvalue weighted by atomic mass is 16.6. The van der Waals surface area contributed by atoms with E-state index >= 15 is 0 Å². The van der Waals surface area contributed by atoms with Crippen LogP contribution in [0.4, 0.5) is 4.79 Å². The van der Waals surface area contributed by atoms with Crippen molar-refractivity contribution in [3.8, 4) is 6.07 Å². The van der Waals surface area contributed by atoms with Gasteiger partial charge in [-0.1, -0.05) is 43.2 Å². The number of nitriles is 1. The summed E-state index contributed by atoms with van der Waals surface area (Å²) in [5.74, 6) is 0.563. The van der Waals surface area contributed by atoms with Crippen molar-refractivity contribution >= 4 is 6.09 Å². The predicted octanol–water partition coefficient (Wildman–Crippen LogP) is 3.73. The third-order valence-electron chi connectivity index (χ3n) is 3.91. The lowest BCUT2D eigenvalue weighted by Gasteiger charge is -2.24. The maximum Gasteiger partial charge on any atom is 0.410 e. The van der Waals surface area contributed by atoms with Crippen molar-refractivity contribution in [3.63, 3.8) is 0 Å². The van der Waals surface area contributed by atoms with E-state index in [1.807, 2.05) is 30.3 Å². The number of hydrogen-bond acceptors (Lipinski definition) is 3. The quantitative estimate of drug-likeness (QED) is 0.800. The number of amides is 1. The minimum atomic E-state index is -0.305. The molecular weight excluding hydrogens is 264 g/mol. The van der Waals surface area contributed by atoms with Crippen LogP contribution in [-0.2, 0) is 11.3 Å². The molecule has 0 spiro atoms. The molecule has 4 heteroatoms. The van der Waals surface area contributed by atoms with Crippen molar-refractivity contribution in [1.82, 2.24) is 4.90 Å². The van der Waals surface area contributed by atoms with E-state index in [1.165, 1.54) is 25.7 Å². The van der Waals surface area contributed by atoms with Crippen molar-refractivity contribution in [2.75, 3.05) is 13.1 Å². The topological polar surface area (TPSA) is 53.3 Å². The normalized spacial score (nSPS) is 14.6. The van der Waals surface area contributed by atoms with Crippen molar-refractivity contribution in [2.45, 2.75) is 38.7 Å². The van der Waals surface area contributed by atoms with Crippen LogP contribution in [0, 0.1) is 17.2 Å². The second kappa shape index (κ2) is 8.31. The zero-order valence-electron chi connectivity index (χ0n) is 12.3. The van der Waals surface area contributed by atoms with Gasteiger partial charge in [0.1, 0.15) is 6.61 Å². The molecule has 2 rings (SSSR count). The first-order chi connectivity index (χ1) is 10.3. The Hall–Kier alpha value is -2.02. The summed E-state index contributed by atoms with van der Waals surface area (Å²) < 4.78 is 5.38. The number of rotatable bonds is 6. The van der Waals surface area contributed by atoms with E-state index in [0.29, 0.717) is 18.9 Å². The zero-order chi connectivity index (χ0) is 14.9. The van der Waals surface area contributed by atoms with Gasteiger partial charge in [0.15, 0.2) is 0 Å². The second-order valence-electron chi connectivity index (χ2n) is 5.54. The molecule has 1 saturated carbocycles. The predicted molar refractivity (Wildman–Crippen MR) is 80.4 cm³/mol. The minimum Gasteiger partial charge on any atom is -0.445 e. The molecule has 1 aliphatic rings. The van der Waals surface area contributed by atoms with E-state index in [4.69, 9.17) is 10.00 Å². The van der Waals surface area contributed by atoms with Crippen LogP contribution >= 0.6 is 0 Å². The molecule has 0 radical (unpaired) electrons. The molecule has 0 atom stereocenters. The van der Waals surface area contributed by atoms with Gasteiger partial charge in [0, 0.05) is 13.1 Å². The molecule has 0 bridgehead atoms. The molecule has 0 unspecified atom stereocenters. The van der Waals surface area contributed by atoms with E-state index < -0.39 is 0 Å². The van der Waals surface area contributed by atoms with Gasteiger partial charge in [0.2, 0.25) is 0 Å². The first kappa shape index (κ1) is 15.4. The molecule has 0 N–H and O–H groups in total. The van der Waals surface area contributed by atoms with Crippen LogP contribution in [0.3, 0.4) is 0 Å². The van der Waals surface area contributed by atoms with Gasteiger partial charge in [-0.2, -0.15) is 5.26 Å². The Labute approximate surface area is 126 Å². The average molecular weight is 286 g/mol. The summed E-state index contributed by atoms with van der Waals surface area (Å²) in [5, 5.41) is 8.74. The van der Waals surface area contributed by atoms with Crippen molar-refractivity contribution in [2.24, 2.45) is 5.92 Å². The third-order valence-corrected chi connectivity index (χ3v) is 3.91. The third kappa shape index (κ3) is 5.11.